The van der Waals surface area contributed by atoms with Crippen molar-refractivity contribution in [2.24, 2.45) is 5.92 Å². The number of pyridine rings is 1. The Hall–Kier alpha value is -1.85. The summed E-state index contributed by atoms with van der Waals surface area (Å²) in [6, 6.07) is 5.61. The van der Waals surface area contributed by atoms with E-state index in [1.807, 2.05) is 28.8 Å². The molecular formula is C16H18ClN3O2. The maximum absolute atomic E-state index is 11.9. The summed E-state index contributed by atoms with van der Waals surface area (Å²) in [4.78, 5) is 16.1. The van der Waals surface area contributed by atoms with Crippen LogP contribution in [0, 0.1) is 5.92 Å². The third-order valence-electron chi connectivity index (χ3n) is 4.07. The quantitative estimate of drug-likeness (QED) is 0.850. The minimum Gasteiger partial charge on any atom is -0.393 e. The molecule has 2 aromatic rings. The van der Waals surface area contributed by atoms with Crippen molar-refractivity contribution < 1.29 is 9.90 Å². The molecule has 2 unspecified atom stereocenters. The SMILES string of the molecule is O=C(C=Cc1c(Cl)nc2ccccn12)NCC1CCCC1O. The maximum Gasteiger partial charge on any atom is 0.244 e. The number of imidazole rings is 1. The molecule has 1 aliphatic carbocycles. The van der Waals surface area contributed by atoms with Crippen LogP contribution >= 0.6 is 11.6 Å². The second-order valence-corrected chi connectivity index (χ2v) is 5.91. The fourth-order valence-corrected chi connectivity index (χ4v) is 3.08. The molecule has 1 amide bonds. The van der Waals surface area contributed by atoms with Crippen LogP contribution < -0.4 is 5.32 Å². The number of hydrogen-bond acceptors (Lipinski definition) is 3. The molecule has 1 saturated carbocycles. The molecule has 1 fully saturated rings. The Balaban J connectivity index is 1.65. The lowest BCUT2D eigenvalue weighted by Crippen LogP contribution is -2.31. The van der Waals surface area contributed by atoms with E-state index in [2.05, 4.69) is 10.3 Å². The van der Waals surface area contributed by atoms with Gasteiger partial charge in [0.2, 0.25) is 5.91 Å². The van der Waals surface area contributed by atoms with Crippen molar-refractivity contribution >= 4 is 29.2 Å². The van der Waals surface area contributed by atoms with Gasteiger partial charge >= 0.3 is 0 Å². The molecule has 6 heteroatoms. The number of carbonyl (C=O) groups is 1. The molecule has 2 heterocycles. The third-order valence-corrected chi connectivity index (χ3v) is 4.35. The Morgan fingerprint density at radius 3 is 3.14 bits per heavy atom. The predicted octanol–water partition coefficient (Wildman–Crippen LogP) is 2.28. The average Bonchev–Trinajstić information content (AvgIpc) is 3.05. The second-order valence-electron chi connectivity index (χ2n) is 5.55. The largest absolute Gasteiger partial charge is 0.393 e. The summed E-state index contributed by atoms with van der Waals surface area (Å²) in [6.07, 6.45) is 7.47. The smallest absolute Gasteiger partial charge is 0.244 e. The number of nitrogens with one attached hydrogen (secondary N) is 1. The molecule has 3 rings (SSSR count). The van der Waals surface area contributed by atoms with Crippen LogP contribution in [0.3, 0.4) is 0 Å². The van der Waals surface area contributed by atoms with Crippen molar-refractivity contribution in [2.45, 2.75) is 25.4 Å². The van der Waals surface area contributed by atoms with E-state index in [-0.39, 0.29) is 17.9 Å². The van der Waals surface area contributed by atoms with Crippen LogP contribution in [0.15, 0.2) is 30.5 Å². The molecule has 116 valence electrons. The van der Waals surface area contributed by atoms with E-state index >= 15 is 0 Å². The summed E-state index contributed by atoms with van der Waals surface area (Å²) < 4.78 is 1.83. The second kappa shape index (κ2) is 6.50. The zero-order chi connectivity index (χ0) is 15.5. The molecule has 0 bridgehead atoms. The van der Waals surface area contributed by atoms with Crippen LogP contribution in [0.25, 0.3) is 11.7 Å². The molecule has 0 saturated heterocycles. The van der Waals surface area contributed by atoms with Gasteiger partial charge in [-0.15, -0.1) is 0 Å². The Labute approximate surface area is 133 Å². The van der Waals surface area contributed by atoms with E-state index in [9.17, 15) is 9.90 Å². The highest BCUT2D eigenvalue weighted by Crippen LogP contribution is 2.24. The first-order valence-corrected chi connectivity index (χ1v) is 7.79. The van der Waals surface area contributed by atoms with Crippen molar-refractivity contribution in [3.8, 4) is 0 Å². The van der Waals surface area contributed by atoms with Gasteiger partial charge in [0.25, 0.3) is 0 Å². The van der Waals surface area contributed by atoms with Gasteiger partial charge in [-0.2, -0.15) is 0 Å². The monoisotopic (exact) mass is 319 g/mol. The summed E-state index contributed by atoms with van der Waals surface area (Å²) in [5.41, 5.74) is 1.41. The van der Waals surface area contributed by atoms with E-state index in [4.69, 9.17) is 11.6 Å². The van der Waals surface area contributed by atoms with Gasteiger partial charge < -0.3 is 10.4 Å². The van der Waals surface area contributed by atoms with Crippen LogP contribution in [0.1, 0.15) is 25.0 Å². The number of halogens is 1. The van der Waals surface area contributed by atoms with Crippen LogP contribution in [-0.2, 0) is 4.79 Å². The first kappa shape index (κ1) is 15.1. The predicted molar refractivity (Wildman–Crippen MR) is 85.6 cm³/mol. The van der Waals surface area contributed by atoms with Gasteiger partial charge in [-0.1, -0.05) is 24.1 Å². The number of aliphatic hydroxyl groups is 1. The number of carbonyl (C=O) groups excluding carboxylic acids is 1. The fraction of sp³-hybridized carbons (Fsp3) is 0.375. The zero-order valence-corrected chi connectivity index (χ0v) is 12.8. The average molecular weight is 320 g/mol. The van der Waals surface area contributed by atoms with E-state index in [1.54, 1.807) is 6.08 Å². The standard InChI is InChI=1S/C16H18ClN3O2/c17-16-12(20-9-2-1-6-14(20)19-16)7-8-15(22)18-10-11-4-3-5-13(11)21/h1-2,6-9,11,13,21H,3-5,10H2,(H,18,22). The molecule has 2 aromatic heterocycles. The molecule has 5 nitrogen and oxygen atoms in total. The molecule has 0 radical (unpaired) electrons. The van der Waals surface area contributed by atoms with Gasteiger partial charge in [0.1, 0.15) is 5.65 Å². The van der Waals surface area contributed by atoms with Crippen molar-refractivity contribution in [2.75, 3.05) is 6.54 Å². The lowest BCUT2D eigenvalue weighted by Gasteiger charge is -2.13. The van der Waals surface area contributed by atoms with Crippen molar-refractivity contribution in [1.82, 2.24) is 14.7 Å². The highest BCUT2D eigenvalue weighted by molar-refractivity contribution is 6.31. The number of hydrogen-bond donors (Lipinski definition) is 2. The lowest BCUT2D eigenvalue weighted by atomic mass is 10.1. The van der Waals surface area contributed by atoms with Gasteiger partial charge in [-0.25, -0.2) is 4.98 Å². The van der Waals surface area contributed by atoms with E-state index < -0.39 is 0 Å². The lowest BCUT2D eigenvalue weighted by molar-refractivity contribution is -0.116. The van der Waals surface area contributed by atoms with Gasteiger partial charge in [0, 0.05) is 24.7 Å². The Bertz CT molecular complexity index is 710. The van der Waals surface area contributed by atoms with E-state index in [0.29, 0.717) is 17.4 Å². The fourth-order valence-electron chi connectivity index (χ4n) is 2.84. The molecule has 0 aromatic carbocycles. The van der Waals surface area contributed by atoms with Gasteiger partial charge in [0.15, 0.2) is 5.15 Å². The van der Waals surface area contributed by atoms with Crippen LogP contribution in [-0.4, -0.2) is 33.0 Å². The minimum absolute atomic E-state index is 0.164. The van der Waals surface area contributed by atoms with Crippen molar-refractivity contribution in [3.05, 3.63) is 41.3 Å². The number of aromatic nitrogens is 2. The topological polar surface area (TPSA) is 66.6 Å². The highest BCUT2D eigenvalue weighted by atomic mass is 35.5. The maximum atomic E-state index is 11.9. The Kier molecular flexibility index (Phi) is 4.45. The third kappa shape index (κ3) is 3.15. The number of fused-ring (bicyclic) bond motifs is 1. The van der Waals surface area contributed by atoms with Crippen molar-refractivity contribution in [1.29, 1.82) is 0 Å². The number of amides is 1. The summed E-state index contributed by atoms with van der Waals surface area (Å²) in [5, 5.41) is 12.9. The summed E-state index contributed by atoms with van der Waals surface area (Å²) >= 11 is 6.10. The van der Waals surface area contributed by atoms with Crippen LogP contribution in [0.2, 0.25) is 5.15 Å². The van der Waals surface area contributed by atoms with Gasteiger partial charge in [-0.05, 0) is 31.1 Å². The summed E-state index contributed by atoms with van der Waals surface area (Å²) in [7, 11) is 0. The first-order chi connectivity index (χ1) is 10.6. The molecule has 22 heavy (non-hydrogen) atoms. The van der Waals surface area contributed by atoms with E-state index in [1.165, 1.54) is 6.08 Å². The van der Waals surface area contributed by atoms with Gasteiger partial charge in [-0.3, -0.25) is 9.20 Å². The summed E-state index contributed by atoms with van der Waals surface area (Å²) in [5.74, 6) is -0.0298. The molecule has 2 atom stereocenters. The molecule has 0 spiro atoms. The van der Waals surface area contributed by atoms with Crippen molar-refractivity contribution in [3.63, 3.8) is 0 Å². The first-order valence-electron chi connectivity index (χ1n) is 7.41. The van der Waals surface area contributed by atoms with Crippen LogP contribution in [0.5, 0.6) is 0 Å². The van der Waals surface area contributed by atoms with E-state index in [0.717, 1.165) is 24.9 Å². The number of aliphatic hydroxyl groups excluding tert-OH is 1. The van der Waals surface area contributed by atoms with Crippen LogP contribution in [0.4, 0.5) is 0 Å². The molecule has 1 aliphatic rings. The summed E-state index contributed by atoms with van der Waals surface area (Å²) in [6.45, 7) is 0.505. The Morgan fingerprint density at radius 1 is 1.50 bits per heavy atom. The zero-order valence-electron chi connectivity index (χ0n) is 12.1. The normalized spacial score (nSPS) is 21.7. The molecule has 0 aliphatic heterocycles. The Morgan fingerprint density at radius 2 is 2.36 bits per heavy atom. The molecular weight excluding hydrogens is 302 g/mol. The highest BCUT2D eigenvalue weighted by Gasteiger charge is 2.24. The number of nitrogens with zero attached hydrogens (tertiary/aromatic N) is 2. The number of rotatable bonds is 4. The van der Waals surface area contributed by atoms with Gasteiger partial charge in [0.05, 0.1) is 11.8 Å². The molecule has 2 N–H and O–H groups in total. The minimum atomic E-state index is -0.294.